The summed E-state index contributed by atoms with van der Waals surface area (Å²) < 4.78 is 0. The van der Waals surface area contributed by atoms with Gasteiger partial charge in [0.25, 0.3) is 0 Å². The Morgan fingerprint density at radius 3 is 2.75 bits per heavy atom. The summed E-state index contributed by atoms with van der Waals surface area (Å²) in [5.41, 5.74) is 2.36. The molecule has 1 heterocycles. The highest BCUT2D eigenvalue weighted by Crippen LogP contribution is 2.20. The van der Waals surface area contributed by atoms with Gasteiger partial charge in [-0.3, -0.25) is 4.90 Å². The minimum Gasteiger partial charge on any atom is -0.508 e. The van der Waals surface area contributed by atoms with Gasteiger partial charge in [-0.05, 0) is 24.1 Å². The fourth-order valence-electron chi connectivity index (χ4n) is 2.77. The molecule has 0 radical (unpaired) electrons. The van der Waals surface area contributed by atoms with Crippen molar-refractivity contribution in [2.45, 2.75) is 19.0 Å². The van der Waals surface area contributed by atoms with E-state index in [1.165, 1.54) is 5.56 Å². The number of hydrogen-bond donors (Lipinski definition) is 2. The van der Waals surface area contributed by atoms with Crippen LogP contribution in [-0.2, 0) is 6.54 Å². The van der Waals surface area contributed by atoms with Gasteiger partial charge in [0.2, 0.25) is 0 Å². The van der Waals surface area contributed by atoms with E-state index >= 15 is 0 Å². The zero-order valence-electron chi connectivity index (χ0n) is 11.5. The standard InChI is InChI=1S/C17H20N2O/c20-17-8-4-7-15(11-17)18-16-9-10-19(13-16)12-14-5-2-1-3-6-14/h1-8,11,16,18,20H,9-10,12-13H2/t16-/m1/s1. The Balaban J connectivity index is 1.54. The van der Waals surface area contributed by atoms with Crippen LogP contribution in [0.1, 0.15) is 12.0 Å². The van der Waals surface area contributed by atoms with Crippen LogP contribution in [0.15, 0.2) is 54.6 Å². The Bertz CT molecular complexity index is 556. The third-order valence-corrected chi connectivity index (χ3v) is 3.74. The third-order valence-electron chi connectivity index (χ3n) is 3.74. The first-order valence-electron chi connectivity index (χ1n) is 7.11. The minimum atomic E-state index is 0.314. The fourth-order valence-corrected chi connectivity index (χ4v) is 2.77. The smallest absolute Gasteiger partial charge is 0.117 e. The molecule has 0 aromatic heterocycles. The number of benzene rings is 2. The minimum absolute atomic E-state index is 0.314. The van der Waals surface area contributed by atoms with Gasteiger partial charge >= 0.3 is 0 Å². The summed E-state index contributed by atoms with van der Waals surface area (Å²) in [6.07, 6.45) is 1.14. The van der Waals surface area contributed by atoms with Crippen LogP contribution in [0.25, 0.3) is 0 Å². The van der Waals surface area contributed by atoms with Crippen molar-refractivity contribution in [3.8, 4) is 5.75 Å². The van der Waals surface area contributed by atoms with Gasteiger partial charge in [0.15, 0.2) is 0 Å². The number of phenolic OH excluding ortho intramolecular Hbond substituents is 1. The molecule has 0 spiro atoms. The van der Waals surface area contributed by atoms with E-state index in [1.807, 2.05) is 12.1 Å². The van der Waals surface area contributed by atoms with Crippen molar-refractivity contribution in [3.05, 3.63) is 60.2 Å². The van der Waals surface area contributed by atoms with Gasteiger partial charge in [-0.25, -0.2) is 0 Å². The van der Waals surface area contributed by atoms with E-state index in [9.17, 15) is 5.11 Å². The quantitative estimate of drug-likeness (QED) is 0.894. The van der Waals surface area contributed by atoms with E-state index in [0.717, 1.165) is 31.7 Å². The molecule has 0 unspecified atom stereocenters. The molecule has 1 aliphatic heterocycles. The van der Waals surface area contributed by atoms with Crippen LogP contribution in [0.2, 0.25) is 0 Å². The molecule has 1 fully saturated rings. The lowest BCUT2D eigenvalue weighted by Gasteiger charge is -2.17. The Morgan fingerprint density at radius 1 is 1.10 bits per heavy atom. The molecule has 0 amide bonds. The molecule has 2 aromatic carbocycles. The summed E-state index contributed by atoms with van der Waals surface area (Å²) in [5, 5.41) is 13.0. The molecule has 104 valence electrons. The number of aromatic hydroxyl groups is 1. The van der Waals surface area contributed by atoms with E-state index in [2.05, 4.69) is 40.5 Å². The maximum atomic E-state index is 9.48. The number of phenols is 1. The average molecular weight is 268 g/mol. The summed E-state index contributed by atoms with van der Waals surface area (Å²) >= 11 is 0. The van der Waals surface area contributed by atoms with Gasteiger partial charge in [0.1, 0.15) is 5.75 Å². The van der Waals surface area contributed by atoms with Crippen LogP contribution in [-0.4, -0.2) is 29.1 Å². The number of anilines is 1. The molecule has 3 nitrogen and oxygen atoms in total. The van der Waals surface area contributed by atoms with Crippen molar-refractivity contribution in [2.75, 3.05) is 18.4 Å². The SMILES string of the molecule is Oc1cccc(N[C@@H]2CCN(Cc3ccccc3)C2)c1. The monoisotopic (exact) mass is 268 g/mol. The molecule has 3 rings (SSSR count). The number of nitrogens with one attached hydrogen (secondary N) is 1. The van der Waals surface area contributed by atoms with Crippen molar-refractivity contribution >= 4 is 5.69 Å². The van der Waals surface area contributed by atoms with Crippen LogP contribution >= 0.6 is 0 Å². The van der Waals surface area contributed by atoms with Crippen molar-refractivity contribution in [3.63, 3.8) is 0 Å². The number of likely N-dealkylation sites (tertiary alicyclic amines) is 1. The van der Waals surface area contributed by atoms with Gasteiger partial charge in [0, 0.05) is 37.4 Å². The molecule has 2 N–H and O–H groups in total. The molecule has 0 aliphatic carbocycles. The van der Waals surface area contributed by atoms with Crippen molar-refractivity contribution in [1.29, 1.82) is 0 Å². The highest BCUT2D eigenvalue weighted by Gasteiger charge is 2.22. The van der Waals surface area contributed by atoms with E-state index in [0.29, 0.717) is 11.8 Å². The molecule has 1 aliphatic rings. The van der Waals surface area contributed by atoms with E-state index in [4.69, 9.17) is 0 Å². The van der Waals surface area contributed by atoms with Crippen LogP contribution < -0.4 is 5.32 Å². The van der Waals surface area contributed by atoms with Crippen molar-refractivity contribution in [1.82, 2.24) is 4.90 Å². The molecule has 0 bridgehead atoms. The summed E-state index contributed by atoms with van der Waals surface area (Å²) in [6.45, 7) is 3.18. The molecular weight excluding hydrogens is 248 g/mol. The maximum Gasteiger partial charge on any atom is 0.117 e. The topological polar surface area (TPSA) is 35.5 Å². The lowest BCUT2D eigenvalue weighted by atomic mass is 10.2. The summed E-state index contributed by atoms with van der Waals surface area (Å²) in [6, 6.07) is 18.4. The largest absolute Gasteiger partial charge is 0.508 e. The van der Waals surface area contributed by atoms with Crippen LogP contribution in [0.5, 0.6) is 5.75 Å². The molecule has 3 heteroatoms. The fraction of sp³-hybridized carbons (Fsp3) is 0.294. The highest BCUT2D eigenvalue weighted by molar-refractivity contribution is 5.48. The maximum absolute atomic E-state index is 9.48. The second-order valence-corrected chi connectivity index (χ2v) is 5.40. The van der Waals surface area contributed by atoms with Crippen molar-refractivity contribution in [2.24, 2.45) is 0 Å². The number of rotatable bonds is 4. The lowest BCUT2D eigenvalue weighted by molar-refractivity contribution is 0.328. The zero-order chi connectivity index (χ0) is 13.8. The van der Waals surface area contributed by atoms with Gasteiger partial charge in [-0.15, -0.1) is 0 Å². The second kappa shape index (κ2) is 5.97. The van der Waals surface area contributed by atoms with Crippen LogP contribution in [0.4, 0.5) is 5.69 Å². The highest BCUT2D eigenvalue weighted by atomic mass is 16.3. The molecule has 1 saturated heterocycles. The van der Waals surface area contributed by atoms with Gasteiger partial charge < -0.3 is 10.4 Å². The predicted octanol–water partition coefficient (Wildman–Crippen LogP) is 3.08. The first-order chi connectivity index (χ1) is 9.79. The number of nitrogens with zero attached hydrogens (tertiary/aromatic N) is 1. The first-order valence-corrected chi connectivity index (χ1v) is 7.11. The van der Waals surface area contributed by atoms with E-state index < -0.39 is 0 Å². The summed E-state index contributed by atoms with van der Waals surface area (Å²) in [4.78, 5) is 2.47. The van der Waals surface area contributed by atoms with Crippen molar-refractivity contribution < 1.29 is 5.11 Å². The Kier molecular flexibility index (Phi) is 3.88. The third kappa shape index (κ3) is 3.31. The van der Waals surface area contributed by atoms with E-state index in [1.54, 1.807) is 12.1 Å². The molecule has 20 heavy (non-hydrogen) atoms. The second-order valence-electron chi connectivity index (χ2n) is 5.40. The predicted molar refractivity (Wildman–Crippen MR) is 81.9 cm³/mol. The summed E-state index contributed by atoms with van der Waals surface area (Å²) in [7, 11) is 0. The van der Waals surface area contributed by atoms with Gasteiger partial charge in [-0.2, -0.15) is 0 Å². The van der Waals surface area contributed by atoms with Gasteiger partial charge in [0.05, 0.1) is 0 Å². The molecule has 1 atom stereocenters. The average Bonchev–Trinajstić information content (AvgIpc) is 2.87. The summed E-state index contributed by atoms with van der Waals surface area (Å²) in [5.74, 6) is 0.314. The molecule has 2 aromatic rings. The van der Waals surface area contributed by atoms with E-state index in [-0.39, 0.29) is 0 Å². The zero-order valence-corrected chi connectivity index (χ0v) is 11.5. The molecule has 0 saturated carbocycles. The van der Waals surface area contributed by atoms with Crippen LogP contribution in [0, 0.1) is 0 Å². The Hall–Kier alpha value is -2.00. The van der Waals surface area contributed by atoms with Crippen LogP contribution in [0.3, 0.4) is 0 Å². The first kappa shape index (κ1) is 13.0. The number of hydrogen-bond acceptors (Lipinski definition) is 3. The van der Waals surface area contributed by atoms with Gasteiger partial charge in [-0.1, -0.05) is 36.4 Å². The lowest BCUT2D eigenvalue weighted by Crippen LogP contribution is -2.25. The Labute approximate surface area is 119 Å². The normalized spacial score (nSPS) is 19.1. The molecular formula is C17H20N2O. The Morgan fingerprint density at radius 2 is 1.95 bits per heavy atom.